The maximum Gasteiger partial charge on any atom is 0.248 e. The Bertz CT molecular complexity index is 429. The predicted octanol–water partition coefficient (Wildman–Crippen LogP) is 1.04. The smallest absolute Gasteiger partial charge is 0.248 e. The van der Waals surface area contributed by atoms with Crippen molar-refractivity contribution < 1.29 is 4.79 Å². The molecule has 0 bridgehead atoms. The Morgan fingerprint density at radius 3 is 2.89 bits per heavy atom. The highest BCUT2D eigenvalue weighted by Gasteiger charge is 2.19. The summed E-state index contributed by atoms with van der Waals surface area (Å²) in [7, 11) is 0. The maximum absolute atomic E-state index is 11.1. The molecule has 0 unspecified atom stereocenters. The molecule has 1 aliphatic rings. The van der Waals surface area contributed by atoms with Crippen molar-refractivity contribution in [2.75, 3.05) is 18.4 Å². The monoisotopic (exact) mass is 248 g/mol. The lowest BCUT2D eigenvalue weighted by Crippen LogP contribution is -2.20. The van der Waals surface area contributed by atoms with Crippen LogP contribution in [0.2, 0.25) is 0 Å². The zero-order valence-electron chi connectivity index (χ0n) is 10.7. The van der Waals surface area contributed by atoms with Gasteiger partial charge in [-0.25, -0.2) is 4.98 Å². The van der Waals surface area contributed by atoms with E-state index in [2.05, 4.69) is 15.6 Å². The van der Waals surface area contributed by atoms with Gasteiger partial charge in [0.25, 0.3) is 0 Å². The number of primary amides is 1. The van der Waals surface area contributed by atoms with E-state index in [1.54, 1.807) is 12.1 Å². The number of aromatic nitrogens is 1. The maximum atomic E-state index is 11.1. The zero-order valence-corrected chi connectivity index (χ0v) is 10.7. The molecular formula is C13H20N4O. The minimum Gasteiger partial charge on any atom is -0.370 e. The topological polar surface area (TPSA) is 80.0 Å². The molecule has 1 saturated carbocycles. The summed E-state index contributed by atoms with van der Waals surface area (Å²) in [6, 6.07) is 4.15. The quantitative estimate of drug-likeness (QED) is 0.630. The van der Waals surface area contributed by atoms with Crippen LogP contribution in [0.25, 0.3) is 0 Å². The number of nitrogens with zero attached hydrogens (tertiary/aromatic N) is 1. The molecule has 1 aliphatic carbocycles. The number of carbonyl (C=O) groups excluding carboxylic acids is 1. The van der Waals surface area contributed by atoms with Crippen LogP contribution in [-0.2, 0) is 0 Å². The van der Waals surface area contributed by atoms with E-state index in [1.165, 1.54) is 12.8 Å². The molecule has 0 saturated heterocycles. The van der Waals surface area contributed by atoms with E-state index >= 15 is 0 Å². The third kappa shape index (κ3) is 4.00. The summed E-state index contributed by atoms with van der Waals surface area (Å²) in [5.41, 5.74) is 6.56. The molecule has 2 rings (SSSR count). The molecular weight excluding hydrogens is 228 g/mol. The fourth-order valence-corrected chi connectivity index (χ4v) is 1.80. The van der Waals surface area contributed by atoms with Crippen LogP contribution in [0.1, 0.15) is 35.3 Å². The van der Waals surface area contributed by atoms with Crippen LogP contribution in [0, 0.1) is 6.92 Å². The van der Waals surface area contributed by atoms with E-state index < -0.39 is 5.91 Å². The number of hydrogen-bond donors (Lipinski definition) is 3. The summed E-state index contributed by atoms with van der Waals surface area (Å²) in [6.45, 7) is 3.72. The summed E-state index contributed by atoms with van der Waals surface area (Å²) >= 11 is 0. The molecule has 0 aromatic carbocycles. The van der Waals surface area contributed by atoms with Gasteiger partial charge in [-0.05, 0) is 44.9 Å². The molecule has 0 spiro atoms. The number of nitrogens with two attached hydrogens (primary N) is 1. The van der Waals surface area contributed by atoms with E-state index in [9.17, 15) is 4.79 Å². The molecule has 0 aliphatic heterocycles. The Kier molecular flexibility index (Phi) is 4.15. The van der Waals surface area contributed by atoms with Crippen LogP contribution in [-0.4, -0.2) is 30.0 Å². The first-order valence-electron chi connectivity index (χ1n) is 6.41. The summed E-state index contributed by atoms with van der Waals surface area (Å²) in [5.74, 6) is 0.300. The van der Waals surface area contributed by atoms with Gasteiger partial charge in [0.1, 0.15) is 5.82 Å². The number of hydrogen-bond acceptors (Lipinski definition) is 4. The average molecular weight is 248 g/mol. The lowest BCUT2D eigenvalue weighted by molar-refractivity contribution is 0.1000. The molecule has 98 valence electrons. The highest BCUT2D eigenvalue weighted by molar-refractivity contribution is 5.93. The van der Waals surface area contributed by atoms with Gasteiger partial charge in [-0.15, -0.1) is 0 Å². The second kappa shape index (κ2) is 5.82. The third-order valence-electron chi connectivity index (χ3n) is 2.91. The van der Waals surface area contributed by atoms with Gasteiger partial charge in [-0.1, -0.05) is 0 Å². The molecule has 1 heterocycles. The lowest BCUT2D eigenvalue weighted by Gasteiger charge is -2.08. The summed E-state index contributed by atoms with van der Waals surface area (Å²) in [5, 5.41) is 6.67. The summed E-state index contributed by atoms with van der Waals surface area (Å²) in [4.78, 5) is 15.4. The van der Waals surface area contributed by atoms with Gasteiger partial charge in [0.2, 0.25) is 5.91 Å². The minimum atomic E-state index is -0.418. The largest absolute Gasteiger partial charge is 0.370 e. The van der Waals surface area contributed by atoms with Gasteiger partial charge in [0.05, 0.1) is 0 Å². The van der Waals surface area contributed by atoms with Crippen LogP contribution in [0.4, 0.5) is 5.82 Å². The summed E-state index contributed by atoms with van der Waals surface area (Å²) < 4.78 is 0. The standard InChI is InChI=1S/C13H20N4O/c1-9-7-10(13(14)18)8-12(17-9)16-6-2-5-15-11-3-4-11/h7-8,11,15H,2-6H2,1H3,(H2,14,18)(H,16,17). The van der Waals surface area contributed by atoms with Crippen LogP contribution >= 0.6 is 0 Å². The van der Waals surface area contributed by atoms with Gasteiger partial charge >= 0.3 is 0 Å². The number of rotatable bonds is 7. The molecule has 1 aromatic rings. The second-order valence-electron chi connectivity index (χ2n) is 4.76. The normalized spacial score (nSPS) is 14.5. The number of nitrogens with one attached hydrogen (secondary N) is 2. The minimum absolute atomic E-state index is 0.418. The predicted molar refractivity (Wildman–Crippen MR) is 71.6 cm³/mol. The Morgan fingerprint density at radius 1 is 1.44 bits per heavy atom. The van der Waals surface area contributed by atoms with Gasteiger partial charge in [-0.2, -0.15) is 0 Å². The van der Waals surface area contributed by atoms with Crippen molar-refractivity contribution in [1.29, 1.82) is 0 Å². The lowest BCUT2D eigenvalue weighted by atomic mass is 10.2. The number of pyridine rings is 1. The Hall–Kier alpha value is -1.62. The van der Waals surface area contributed by atoms with E-state index in [0.717, 1.165) is 37.1 Å². The van der Waals surface area contributed by atoms with Gasteiger partial charge in [0, 0.05) is 23.8 Å². The Morgan fingerprint density at radius 2 is 2.22 bits per heavy atom. The van der Waals surface area contributed by atoms with Crippen LogP contribution in [0.5, 0.6) is 0 Å². The molecule has 0 radical (unpaired) electrons. The average Bonchev–Trinajstić information content (AvgIpc) is 3.12. The molecule has 1 aromatic heterocycles. The number of aryl methyl sites for hydroxylation is 1. The number of amides is 1. The molecule has 1 amide bonds. The van der Waals surface area contributed by atoms with Crippen molar-refractivity contribution in [2.24, 2.45) is 5.73 Å². The zero-order chi connectivity index (χ0) is 13.0. The first-order chi connectivity index (χ1) is 8.65. The Balaban J connectivity index is 1.78. The first-order valence-corrected chi connectivity index (χ1v) is 6.41. The molecule has 4 N–H and O–H groups in total. The van der Waals surface area contributed by atoms with Crippen LogP contribution in [0.15, 0.2) is 12.1 Å². The highest BCUT2D eigenvalue weighted by Crippen LogP contribution is 2.18. The first kappa shape index (κ1) is 12.8. The van der Waals surface area contributed by atoms with E-state index in [-0.39, 0.29) is 0 Å². The van der Waals surface area contributed by atoms with Crippen molar-refractivity contribution >= 4 is 11.7 Å². The van der Waals surface area contributed by atoms with Crippen LogP contribution < -0.4 is 16.4 Å². The SMILES string of the molecule is Cc1cc(C(N)=O)cc(NCCCNC2CC2)n1. The fourth-order valence-electron chi connectivity index (χ4n) is 1.80. The molecule has 5 nitrogen and oxygen atoms in total. The van der Waals surface area contributed by atoms with E-state index in [0.29, 0.717) is 5.56 Å². The third-order valence-corrected chi connectivity index (χ3v) is 2.91. The van der Waals surface area contributed by atoms with Crippen LogP contribution in [0.3, 0.4) is 0 Å². The molecule has 18 heavy (non-hydrogen) atoms. The van der Waals surface area contributed by atoms with Gasteiger partial charge < -0.3 is 16.4 Å². The molecule has 0 atom stereocenters. The fraction of sp³-hybridized carbons (Fsp3) is 0.538. The number of anilines is 1. The molecule has 1 fully saturated rings. The molecule has 5 heteroatoms. The van der Waals surface area contributed by atoms with Crippen molar-refractivity contribution in [3.05, 3.63) is 23.4 Å². The Labute approximate surface area is 107 Å². The summed E-state index contributed by atoms with van der Waals surface area (Å²) in [6.07, 6.45) is 3.67. The van der Waals surface area contributed by atoms with Gasteiger partial charge in [0.15, 0.2) is 0 Å². The second-order valence-corrected chi connectivity index (χ2v) is 4.76. The van der Waals surface area contributed by atoms with E-state index in [4.69, 9.17) is 5.73 Å². The van der Waals surface area contributed by atoms with Crippen molar-refractivity contribution in [3.8, 4) is 0 Å². The number of carbonyl (C=O) groups is 1. The van der Waals surface area contributed by atoms with E-state index in [1.807, 2.05) is 6.92 Å². The van der Waals surface area contributed by atoms with Crippen molar-refractivity contribution in [2.45, 2.75) is 32.2 Å². The van der Waals surface area contributed by atoms with Crippen molar-refractivity contribution in [1.82, 2.24) is 10.3 Å². The van der Waals surface area contributed by atoms with Gasteiger partial charge in [-0.3, -0.25) is 4.79 Å². The van der Waals surface area contributed by atoms with Crippen molar-refractivity contribution in [3.63, 3.8) is 0 Å². The highest BCUT2D eigenvalue weighted by atomic mass is 16.1.